The molecule has 19 heavy (non-hydrogen) atoms. The van der Waals surface area contributed by atoms with Crippen molar-refractivity contribution in [2.45, 2.75) is 33.1 Å². The van der Waals surface area contributed by atoms with Crippen molar-refractivity contribution < 1.29 is 9.21 Å². The van der Waals surface area contributed by atoms with Crippen molar-refractivity contribution in [1.82, 2.24) is 10.2 Å². The molecule has 2 aromatic rings. The van der Waals surface area contributed by atoms with E-state index in [1.807, 2.05) is 25.1 Å². The molecule has 1 aromatic heterocycles. The third-order valence-electron chi connectivity index (χ3n) is 2.71. The molecule has 0 atom stereocenters. The molecule has 0 aliphatic rings. The number of nitrogens with one attached hydrogen (secondary N) is 1. The fraction of sp³-hybridized carbons (Fsp3) is 0.357. The summed E-state index contributed by atoms with van der Waals surface area (Å²) in [6.45, 7) is 4.03. The van der Waals surface area contributed by atoms with Gasteiger partial charge >= 0.3 is 6.01 Å². The number of carbonyl (C=O) groups is 1. The van der Waals surface area contributed by atoms with Gasteiger partial charge in [-0.3, -0.25) is 10.1 Å². The number of aryl methyl sites for hydroxylation is 2. The first-order chi connectivity index (χ1) is 9.19. The average molecular weight is 259 g/mol. The summed E-state index contributed by atoms with van der Waals surface area (Å²) in [5.74, 6) is 0.316. The van der Waals surface area contributed by atoms with Gasteiger partial charge in [-0.25, -0.2) is 0 Å². The lowest BCUT2D eigenvalue weighted by Crippen LogP contribution is -2.12. The lowest BCUT2D eigenvalue weighted by atomic mass is 10.1. The van der Waals surface area contributed by atoms with Crippen molar-refractivity contribution in [1.29, 1.82) is 0 Å². The molecular weight excluding hydrogens is 242 g/mol. The van der Waals surface area contributed by atoms with Crippen LogP contribution in [-0.2, 0) is 6.42 Å². The number of anilines is 1. The molecule has 0 fully saturated rings. The topological polar surface area (TPSA) is 68.0 Å². The second kappa shape index (κ2) is 6.13. The van der Waals surface area contributed by atoms with Gasteiger partial charge in [-0.1, -0.05) is 36.1 Å². The zero-order valence-corrected chi connectivity index (χ0v) is 11.1. The molecule has 0 radical (unpaired) electrons. The number of hydrogen-bond donors (Lipinski definition) is 1. The summed E-state index contributed by atoms with van der Waals surface area (Å²) in [5, 5.41) is 10.3. The van der Waals surface area contributed by atoms with Crippen LogP contribution in [0.1, 0.15) is 41.6 Å². The summed E-state index contributed by atoms with van der Waals surface area (Å²) < 4.78 is 5.35. The van der Waals surface area contributed by atoms with E-state index in [4.69, 9.17) is 4.42 Å². The molecule has 1 heterocycles. The van der Waals surface area contributed by atoms with Gasteiger partial charge in [0.15, 0.2) is 0 Å². The maximum absolute atomic E-state index is 12.0. The van der Waals surface area contributed by atoms with Crippen molar-refractivity contribution in [2.24, 2.45) is 0 Å². The predicted molar refractivity (Wildman–Crippen MR) is 72.0 cm³/mol. The Morgan fingerprint density at radius 2 is 2.21 bits per heavy atom. The molecule has 0 spiro atoms. The van der Waals surface area contributed by atoms with Gasteiger partial charge in [0.2, 0.25) is 5.89 Å². The van der Waals surface area contributed by atoms with Crippen LogP contribution >= 0.6 is 0 Å². The molecule has 0 aliphatic heterocycles. The highest BCUT2D eigenvalue weighted by molar-refractivity contribution is 6.03. The van der Waals surface area contributed by atoms with E-state index in [1.165, 1.54) is 0 Å². The van der Waals surface area contributed by atoms with Crippen LogP contribution in [-0.4, -0.2) is 16.1 Å². The van der Waals surface area contributed by atoms with Crippen LogP contribution in [0.15, 0.2) is 28.7 Å². The smallest absolute Gasteiger partial charge is 0.322 e. The summed E-state index contributed by atoms with van der Waals surface area (Å²) in [4.78, 5) is 12.0. The number of benzene rings is 1. The standard InChI is InChI=1S/C14H17N3O2/c1-3-4-8-12-16-17-14(19-12)15-13(18)11-7-5-6-10(2)9-11/h5-7,9H,3-4,8H2,1-2H3,(H,15,17,18). The summed E-state index contributed by atoms with van der Waals surface area (Å²) in [6, 6.07) is 7.48. The monoisotopic (exact) mass is 259 g/mol. The Balaban J connectivity index is 2.00. The number of aromatic nitrogens is 2. The van der Waals surface area contributed by atoms with Gasteiger partial charge < -0.3 is 4.42 Å². The molecule has 5 nitrogen and oxygen atoms in total. The van der Waals surface area contributed by atoms with Crippen LogP contribution in [0.3, 0.4) is 0 Å². The van der Waals surface area contributed by atoms with E-state index in [2.05, 4.69) is 22.4 Å². The summed E-state index contributed by atoms with van der Waals surface area (Å²) in [5.41, 5.74) is 1.61. The van der Waals surface area contributed by atoms with Crippen molar-refractivity contribution in [3.63, 3.8) is 0 Å². The van der Waals surface area contributed by atoms with Crippen LogP contribution in [0.25, 0.3) is 0 Å². The molecule has 0 saturated heterocycles. The second-order valence-electron chi connectivity index (χ2n) is 4.43. The van der Waals surface area contributed by atoms with Crippen LogP contribution in [0.5, 0.6) is 0 Å². The second-order valence-corrected chi connectivity index (χ2v) is 4.43. The largest absolute Gasteiger partial charge is 0.408 e. The average Bonchev–Trinajstić information content (AvgIpc) is 2.84. The first kappa shape index (κ1) is 13.3. The summed E-state index contributed by atoms with van der Waals surface area (Å²) >= 11 is 0. The fourth-order valence-electron chi connectivity index (χ4n) is 1.69. The van der Waals surface area contributed by atoms with E-state index < -0.39 is 0 Å². The Labute approximate surface area is 112 Å². The van der Waals surface area contributed by atoms with E-state index in [0.29, 0.717) is 11.5 Å². The minimum Gasteiger partial charge on any atom is -0.408 e. The highest BCUT2D eigenvalue weighted by atomic mass is 16.4. The first-order valence-electron chi connectivity index (χ1n) is 6.39. The third-order valence-corrected chi connectivity index (χ3v) is 2.71. The minimum atomic E-state index is -0.241. The number of carbonyl (C=O) groups excluding carboxylic acids is 1. The van der Waals surface area contributed by atoms with E-state index in [-0.39, 0.29) is 11.9 Å². The zero-order valence-electron chi connectivity index (χ0n) is 11.1. The molecule has 0 bridgehead atoms. The molecule has 100 valence electrons. The number of rotatable bonds is 5. The van der Waals surface area contributed by atoms with E-state index in [9.17, 15) is 4.79 Å². The van der Waals surface area contributed by atoms with Gasteiger partial charge in [0.05, 0.1) is 0 Å². The molecule has 0 unspecified atom stereocenters. The van der Waals surface area contributed by atoms with E-state index in [1.54, 1.807) is 6.07 Å². The minimum absolute atomic E-state index is 0.151. The van der Waals surface area contributed by atoms with Gasteiger partial charge in [0.1, 0.15) is 0 Å². The Bertz CT molecular complexity index is 563. The SMILES string of the molecule is CCCCc1nnc(NC(=O)c2cccc(C)c2)o1. The molecule has 5 heteroatoms. The lowest BCUT2D eigenvalue weighted by molar-refractivity contribution is 0.102. The molecular formula is C14H17N3O2. The van der Waals surface area contributed by atoms with Gasteiger partial charge in [0, 0.05) is 12.0 Å². The summed E-state index contributed by atoms with van der Waals surface area (Å²) in [7, 11) is 0. The van der Waals surface area contributed by atoms with Crippen LogP contribution in [0.2, 0.25) is 0 Å². The van der Waals surface area contributed by atoms with E-state index >= 15 is 0 Å². The molecule has 1 aromatic carbocycles. The molecule has 0 aliphatic carbocycles. The zero-order chi connectivity index (χ0) is 13.7. The quantitative estimate of drug-likeness (QED) is 0.896. The Morgan fingerprint density at radius 3 is 2.95 bits per heavy atom. The highest BCUT2D eigenvalue weighted by Crippen LogP contribution is 2.11. The van der Waals surface area contributed by atoms with Gasteiger partial charge in [0.25, 0.3) is 5.91 Å². The predicted octanol–water partition coefficient (Wildman–Crippen LogP) is 2.97. The fourth-order valence-corrected chi connectivity index (χ4v) is 1.69. The van der Waals surface area contributed by atoms with Gasteiger partial charge in [-0.05, 0) is 25.5 Å². The summed E-state index contributed by atoms with van der Waals surface area (Å²) in [6.07, 6.45) is 2.80. The van der Waals surface area contributed by atoms with Gasteiger partial charge in [-0.15, -0.1) is 5.10 Å². The van der Waals surface area contributed by atoms with Crippen molar-refractivity contribution in [2.75, 3.05) is 5.32 Å². The van der Waals surface area contributed by atoms with Crippen LogP contribution < -0.4 is 5.32 Å². The van der Waals surface area contributed by atoms with Crippen molar-refractivity contribution in [3.05, 3.63) is 41.3 Å². The first-order valence-corrected chi connectivity index (χ1v) is 6.39. The Hall–Kier alpha value is -2.17. The van der Waals surface area contributed by atoms with Gasteiger partial charge in [-0.2, -0.15) is 0 Å². The lowest BCUT2D eigenvalue weighted by Gasteiger charge is -2.01. The van der Waals surface area contributed by atoms with Crippen LogP contribution in [0, 0.1) is 6.92 Å². The van der Waals surface area contributed by atoms with E-state index in [0.717, 1.165) is 24.8 Å². The van der Waals surface area contributed by atoms with Crippen molar-refractivity contribution in [3.8, 4) is 0 Å². The molecule has 0 saturated carbocycles. The normalized spacial score (nSPS) is 10.4. The number of hydrogen-bond acceptors (Lipinski definition) is 4. The number of amides is 1. The third kappa shape index (κ3) is 3.64. The number of nitrogens with zero attached hydrogens (tertiary/aromatic N) is 2. The Morgan fingerprint density at radius 1 is 1.37 bits per heavy atom. The number of unbranched alkanes of at least 4 members (excludes halogenated alkanes) is 1. The maximum atomic E-state index is 12.0. The highest BCUT2D eigenvalue weighted by Gasteiger charge is 2.11. The Kier molecular flexibility index (Phi) is 4.28. The maximum Gasteiger partial charge on any atom is 0.322 e. The molecule has 2 rings (SSSR count). The molecule has 1 N–H and O–H groups in total. The van der Waals surface area contributed by atoms with Crippen molar-refractivity contribution >= 4 is 11.9 Å². The molecule has 1 amide bonds. The van der Waals surface area contributed by atoms with Crippen LogP contribution in [0.4, 0.5) is 6.01 Å².